The summed E-state index contributed by atoms with van der Waals surface area (Å²) in [6.45, 7) is 4.24. The molecule has 1 atom stereocenters. The smallest absolute Gasteiger partial charge is 0.233 e. The molecule has 0 aliphatic heterocycles. The van der Waals surface area contributed by atoms with E-state index in [1.807, 2.05) is 13.8 Å². The molecule has 1 N–H and O–H groups in total. The first-order valence-electron chi connectivity index (χ1n) is 5.02. The lowest BCUT2D eigenvalue weighted by Gasteiger charge is -2.15. The molecule has 0 spiro atoms. The van der Waals surface area contributed by atoms with Crippen molar-refractivity contribution in [3.05, 3.63) is 0 Å². The Labute approximate surface area is 96.8 Å². The molecule has 0 aromatic carbocycles. The van der Waals surface area contributed by atoms with Crippen LogP contribution in [0.2, 0.25) is 0 Å². The number of carbonyl (C=O) groups is 2. The fourth-order valence-electron chi connectivity index (χ4n) is 0.924. The summed E-state index contributed by atoms with van der Waals surface area (Å²) >= 11 is 4.18. The van der Waals surface area contributed by atoms with Gasteiger partial charge in [-0.25, -0.2) is 0 Å². The van der Waals surface area contributed by atoms with Crippen LogP contribution in [0.15, 0.2) is 0 Å². The highest BCUT2D eigenvalue weighted by Crippen LogP contribution is 2.08. The Bertz CT molecular complexity index is 229. The molecule has 0 saturated heterocycles. The van der Waals surface area contributed by atoms with Crippen LogP contribution in [0, 0.1) is 5.92 Å². The predicted molar refractivity (Wildman–Crippen MR) is 63.9 cm³/mol. The van der Waals surface area contributed by atoms with Crippen LogP contribution in [0.3, 0.4) is 0 Å². The molecule has 0 heterocycles. The Balaban J connectivity index is 3.78. The minimum absolute atomic E-state index is 0.00978. The highest BCUT2D eigenvalue weighted by atomic mass is 32.1. The van der Waals surface area contributed by atoms with E-state index in [1.54, 1.807) is 14.1 Å². The molecule has 0 rings (SSSR count). The Kier molecular flexibility index (Phi) is 6.40. The van der Waals surface area contributed by atoms with Gasteiger partial charge in [0.25, 0.3) is 0 Å². The van der Waals surface area contributed by atoms with Gasteiger partial charge in [-0.05, 0) is 5.92 Å². The third-order valence-corrected chi connectivity index (χ3v) is 2.87. The number of thiol groups is 1. The molecule has 0 aliphatic carbocycles. The monoisotopic (exact) mass is 232 g/mol. The van der Waals surface area contributed by atoms with Crippen LogP contribution in [0.4, 0.5) is 0 Å². The minimum atomic E-state index is -0.306. The van der Waals surface area contributed by atoms with Crippen LogP contribution in [-0.2, 0) is 9.59 Å². The van der Waals surface area contributed by atoms with E-state index in [4.69, 9.17) is 0 Å². The van der Waals surface area contributed by atoms with Gasteiger partial charge in [0, 0.05) is 27.1 Å². The van der Waals surface area contributed by atoms with E-state index in [1.165, 1.54) is 4.90 Å². The zero-order valence-corrected chi connectivity index (χ0v) is 10.7. The molecule has 0 bridgehead atoms. The Morgan fingerprint density at radius 2 is 1.87 bits per heavy atom. The topological polar surface area (TPSA) is 49.4 Å². The third-order valence-electron chi connectivity index (χ3n) is 2.04. The van der Waals surface area contributed by atoms with Crippen molar-refractivity contribution in [2.45, 2.75) is 25.5 Å². The lowest BCUT2D eigenvalue weighted by Crippen LogP contribution is -2.36. The minimum Gasteiger partial charge on any atom is -0.355 e. The SMILES string of the molecule is CC(C)C(S)C(=O)NCCC(=O)N(C)C. The quantitative estimate of drug-likeness (QED) is 0.680. The van der Waals surface area contributed by atoms with Gasteiger partial charge in [0.15, 0.2) is 0 Å². The van der Waals surface area contributed by atoms with E-state index in [-0.39, 0.29) is 23.0 Å². The molecular formula is C10H20N2O2S. The fraction of sp³-hybridized carbons (Fsp3) is 0.800. The molecule has 88 valence electrons. The van der Waals surface area contributed by atoms with Gasteiger partial charge >= 0.3 is 0 Å². The van der Waals surface area contributed by atoms with Gasteiger partial charge in [0.1, 0.15) is 0 Å². The van der Waals surface area contributed by atoms with E-state index in [0.717, 1.165) is 0 Å². The highest BCUT2D eigenvalue weighted by Gasteiger charge is 2.17. The summed E-state index contributed by atoms with van der Waals surface area (Å²) in [5.41, 5.74) is 0. The average Bonchev–Trinajstić information content (AvgIpc) is 2.15. The third kappa shape index (κ3) is 5.67. The number of nitrogens with one attached hydrogen (secondary N) is 1. The second kappa shape index (κ2) is 6.71. The van der Waals surface area contributed by atoms with E-state index in [0.29, 0.717) is 13.0 Å². The van der Waals surface area contributed by atoms with Gasteiger partial charge in [-0.3, -0.25) is 9.59 Å². The average molecular weight is 232 g/mol. The summed E-state index contributed by atoms with van der Waals surface area (Å²) in [5, 5.41) is 2.38. The molecule has 4 nitrogen and oxygen atoms in total. The number of amides is 2. The number of carbonyl (C=O) groups excluding carboxylic acids is 2. The van der Waals surface area contributed by atoms with Gasteiger partial charge in [-0.2, -0.15) is 12.6 Å². The predicted octanol–water partition coefficient (Wildman–Crippen LogP) is 0.535. The number of rotatable bonds is 5. The number of hydrogen-bond donors (Lipinski definition) is 2. The summed E-state index contributed by atoms with van der Waals surface area (Å²) in [5.74, 6) is 0.0911. The summed E-state index contributed by atoms with van der Waals surface area (Å²) in [6.07, 6.45) is 0.331. The zero-order valence-electron chi connectivity index (χ0n) is 9.78. The van der Waals surface area contributed by atoms with Crippen LogP contribution < -0.4 is 5.32 Å². The van der Waals surface area contributed by atoms with Crippen molar-refractivity contribution in [1.29, 1.82) is 0 Å². The van der Waals surface area contributed by atoms with Gasteiger partial charge in [0.2, 0.25) is 11.8 Å². The molecule has 0 saturated carbocycles. The fourth-order valence-corrected chi connectivity index (χ4v) is 1.01. The van der Waals surface area contributed by atoms with Crippen molar-refractivity contribution in [3.63, 3.8) is 0 Å². The lowest BCUT2D eigenvalue weighted by atomic mass is 10.1. The molecular weight excluding hydrogens is 212 g/mol. The van der Waals surface area contributed by atoms with Crippen molar-refractivity contribution in [2.75, 3.05) is 20.6 Å². The molecule has 0 fully saturated rings. The second-order valence-corrected chi connectivity index (χ2v) is 4.57. The van der Waals surface area contributed by atoms with E-state index in [9.17, 15) is 9.59 Å². The second-order valence-electron chi connectivity index (χ2n) is 4.02. The summed E-state index contributed by atoms with van der Waals surface area (Å²) in [6, 6.07) is 0. The van der Waals surface area contributed by atoms with Crippen molar-refractivity contribution in [2.24, 2.45) is 5.92 Å². The standard InChI is InChI=1S/C10H20N2O2S/c1-7(2)9(15)10(14)11-6-5-8(13)12(3)4/h7,9,15H,5-6H2,1-4H3,(H,11,14). The lowest BCUT2D eigenvalue weighted by molar-refractivity contribution is -0.128. The molecule has 0 aromatic rings. The molecule has 5 heteroatoms. The first-order valence-corrected chi connectivity index (χ1v) is 5.53. The van der Waals surface area contributed by atoms with E-state index >= 15 is 0 Å². The Morgan fingerprint density at radius 1 is 1.33 bits per heavy atom. The van der Waals surface area contributed by atoms with Crippen LogP contribution in [0.1, 0.15) is 20.3 Å². The van der Waals surface area contributed by atoms with Crippen LogP contribution in [-0.4, -0.2) is 42.6 Å². The zero-order chi connectivity index (χ0) is 12.0. The first kappa shape index (κ1) is 14.3. The Morgan fingerprint density at radius 3 is 2.27 bits per heavy atom. The maximum Gasteiger partial charge on any atom is 0.233 e. The Hall–Kier alpha value is -0.710. The van der Waals surface area contributed by atoms with Gasteiger partial charge in [-0.15, -0.1) is 0 Å². The van der Waals surface area contributed by atoms with Crippen LogP contribution in [0.25, 0.3) is 0 Å². The summed E-state index contributed by atoms with van der Waals surface area (Å²) < 4.78 is 0. The summed E-state index contributed by atoms with van der Waals surface area (Å²) in [7, 11) is 3.39. The van der Waals surface area contributed by atoms with Crippen molar-refractivity contribution >= 4 is 24.4 Å². The molecule has 2 amide bonds. The van der Waals surface area contributed by atoms with Crippen molar-refractivity contribution in [3.8, 4) is 0 Å². The maximum atomic E-state index is 11.4. The van der Waals surface area contributed by atoms with Gasteiger partial charge in [-0.1, -0.05) is 13.8 Å². The van der Waals surface area contributed by atoms with E-state index < -0.39 is 0 Å². The molecule has 15 heavy (non-hydrogen) atoms. The maximum absolute atomic E-state index is 11.4. The highest BCUT2D eigenvalue weighted by molar-refractivity contribution is 7.81. The summed E-state index contributed by atoms with van der Waals surface area (Å²) in [4.78, 5) is 24.1. The van der Waals surface area contributed by atoms with Gasteiger partial charge < -0.3 is 10.2 Å². The molecule has 0 aromatic heterocycles. The molecule has 0 radical (unpaired) electrons. The van der Waals surface area contributed by atoms with Crippen LogP contribution in [0.5, 0.6) is 0 Å². The van der Waals surface area contributed by atoms with Gasteiger partial charge in [0.05, 0.1) is 5.25 Å². The normalized spacial score (nSPS) is 12.4. The van der Waals surface area contributed by atoms with Crippen molar-refractivity contribution in [1.82, 2.24) is 10.2 Å². The number of nitrogens with zero attached hydrogens (tertiary/aromatic N) is 1. The largest absolute Gasteiger partial charge is 0.355 e. The first-order chi connectivity index (χ1) is 6.86. The van der Waals surface area contributed by atoms with Crippen molar-refractivity contribution < 1.29 is 9.59 Å². The molecule has 1 unspecified atom stereocenters. The van der Waals surface area contributed by atoms with E-state index in [2.05, 4.69) is 17.9 Å². The number of hydrogen-bond acceptors (Lipinski definition) is 3. The molecule has 0 aliphatic rings. The van der Waals surface area contributed by atoms with Crippen LogP contribution >= 0.6 is 12.6 Å².